The summed E-state index contributed by atoms with van der Waals surface area (Å²) in [6.07, 6.45) is -0.492. The van der Waals surface area contributed by atoms with Gasteiger partial charge in [-0.3, -0.25) is 14.2 Å². The molecule has 0 radical (unpaired) electrons. The maximum Gasteiger partial charge on any atom is 0.423 e. The fourth-order valence-electron chi connectivity index (χ4n) is 3.34. The van der Waals surface area contributed by atoms with Gasteiger partial charge in [0.25, 0.3) is 17.5 Å². The summed E-state index contributed by atoms with van der Waals surface area (Å²) in [6.45, 7) is 2.59. The van der Waals surface area contributed by atoms with E-state index in [1.807, 2.05) is 0 Å². The number of unbranched alkanes of at least 4 members (excludes halogenated alkanes) is 2. The number of aryl methyl sites for hydroxylation is 1. The Kier molecular flexibility index (Phi) is 8.80. The largest absolute Gasteiger partial charge is 0.423 e. The van der Waals surface area contributed by atoms with Crippen molar-refractivity contribution in [3.63, 3.8) is 0 Å². The number of aromatic nitrogens is 6. The highest BCUT2D eigenvalue weighted by Gasteiger charge is 2.36. The van der Waals surface area contributed by atoms with E-state index in [-0.39, 0.29) is 27.9 Å². The quantitative estimate of drug-likeness (QED) is 0.272. The number of alkyl halides is 5. The van der Waals surface area contributed by atoms with Gasteiger partial charge in [-0.2, -0.15) is 18.3 Å². The summed E-state index contributed by atoms with van der Waals surface area (Å²) in [5.41, 5.74) is 1.15. The van der Waals surface area contributed by atoms with Gasteiger partial charge in [-0.25, -0.2) is 33.2 Å². The van der Waals surface area contributed by atoms with Crippen molar-refractivity contribution in [2.45, 2.75) is 45.3 Å². The van der Waals surface area contributed by atoms with Crippen LogP contribution in [0.4, 0.5) is 32.0 Å². The number of anilines is 1. The minimum absolute atomic E-state index is 0.00829. The van der Waals surface area contributed by atoms with Gasteiger partial charge in [0.1, 0.15) is 11.4 Å². The predicted molar refractivity (Wildman–Crippen MR) is 126 cm³/mol. The second-order valence-electron chi connectivity index (χ2n) is 7.97. The Balaban J connectivity index is 0.000000279. The lowest BCUT2D eigenvalue weighted by Gasteiger charge is -2.08. The van der Waals surface area contributed by atoms with Gasteiger partial charge >= 0.3 is 6.18 Å². The van der Waals surface area contributed by atoms with Crippen molar-refractivity contribution in [1.82, 2.24) is 29.7 Å². The summed E-state index contributed by atoms with van der Waals surface area (Å²) in [4.78, 5) is 34.8. The molecule has 0 saturated heterocycles. The van der Waals surface area contributed by atoms with Crippen LogP contribution in [0.2, 0.25) is 0 Å². The molecular weight excluding hydrogens is 520 g/mol. The maximum absolute atomic E-state index is 14.5. The highest BCUT2D eigenvalue weighted by molar-refractivity contribution is 5.82. The molecule has 0 spiro atoms. The second-order valence-corrected chi connectivity index (χ2v) is 7.97. The standard InChI is InChI=1S/C18H17F3N4O.C5H4F3N3O/c1-2-3-4-5-25-10-24-15-7-12(14(19)6-13(15)18(25)26)17-22-8-11(9-23-17)16(20)21;6-5(7,8)3-2(9)1-10-11-4(3)12/h6-10,16H,2-5H2,1H3;1H,(H3,9,11,12). The van der Waals surface area contributed by atoms with E-state index in [1.165, 1.54) is 17.0 Å². The summed E-state index contributed by atoms with van der Waals surface area (Å²) in [5, 5.41) is 4.90. The zero-order valence-electron chi connectivity index (χ0n) is 19.8. The van der Waals surface area contributed by atoms with Crippen molar-refractivity contribution in [2.75, 3.05) is 5.73 Å². The number of nitrogens with one attached hydrogen (secondary N) is 1. The Hall–Kier alpha value is -4.30. The third kappa shape index (κ3) is 6.52. The average Bonchev–Trinajstić information content (AvgIpc) is 2.85. The smallest absolute Gasteiger partial charge is 0.397 e. The molecule has 15 heteroatoms. The molecule has 3 aromatic heterocycles. The van der Waals surface area contributed by atoms with Crippen LogP contribution < -0.4 is 16.9 Å². The van der Waals surface area contributed by atoms with E-state index < -0.39 is 35.2 Å². The Bertz CT molecular complexity index is 1520. The molecule has 3 heterocycles. The number of halogens is 6. The molecule has 202 valence electrons. The molecule has 4 aromatic rings. The topological polar surface area (TPSA) is 132 Å². The highest BCUT2D eigenvalue weighted by Crippen LogP contribution is 2.29. The van der Waals surface area contributed by atoms with Crippen LogP contribution in [0.15, 0.2) is 46.6 Å². The molecule has 1 aromatic carbocycles. The highest BCUT2D eigenvalue weighted by atomic mass is 19.4. The van der Waals surface area contributed by atoms with Crippen molar-refractivity contribution in [2.24, 2.45) is 0 Å². The maximum atomic E-state index is 14.5. The van der Waals surface area contributed by atoms with Crippen LogP contribution in [-0.2, 0) is 12.7 Å². The van der Waals surface area contributed by atoms with E-state index in [2.05, 4.69) is 27.0 Å². The van der Waals surface area contributed by atoms with Crippen LogP contribution in [0, 0.1) is 5.82 Å². The van der Waals surface area contributed by atoms with Gasteiger partial charge < -0.3 is 5.73 Å². The first-order valence-electron chi connectivity index (χ1n) is 11.1. The van der Waals surface area contributed by atoms with E-state index in [1.54, 1.807) is 5.10 Å². The summed E-state index contributed by atoms with van der Waals surface area (Å²) >= 11 is 0. The Morgan fingerprint density at radius 3 is 2.29 bits per heavy atom. The van der Waals surface area contributed by atoms with Crippen molar-refractivity contribution < 1.29 is 26.3 Å². The number of rotatable bonds is 6. The van der Waals surface area contributed by atoms with Crippen LogP contribution in [0.5, 0.6) is 0 Å². The van der Waals surface area contributed by atoms with Gasteiger partial charge in [0, 0.05) is 18.9 Å². The number of fused-ring (bicyclic) bond motifs is 1. The Morgan fingerprint density at radius 1 is 1.05 bits per heavy atom. The van der Waals surface area contributed by atoms with E-state index in [4.69, 9.17) is 5.73 Å². The molecule has 0 bridgehead atoms. The molecule has 0 atom stereocenters. The summed E-state index contributed by atoms with van der Waals surface area (Å²) in [6, 6.07) is 2.46. The van der Waals surface area contributed by atoms with Crippen LogP contribution in [0.25, 0.3) is 22.3 Å². The first-order valence-corrected chi connectivity index (χ1v) is 11.1. The van der Waals surface area contributed by atoms with Crippen molar-refractivity contribution in [3.8, 4) is 11.4 Å². The van der Waals surface area contributed by atoms with Crippen LogP contribution in [0.1, 0.15) is 43.7 Å². The molecule has 0 unspecified atom stereocenters. The Morgan fingerprint density at radius 2 is 1.74 bits per heavy atom. The molecule has 0 amide bonds. The number of nitrogens with two attached hydrogens (primary N) is 1. The lowest BCUT2D eigenvalue weighted by Crippen LogP contribution is -2.24. The van der Waals surface area contributed by atoms with Crippen molar-refractivity contribution >= 4 is 16.6 Å². The summed E-state index contributed by atoms with van der Waals surface area (Å²) in [5.74, 6) is -0.741. The minimum Gasteiger partial charge on any atom is -0.397 e. The number of benzene rings is 1. The van der Waals surface area contributed by atoms with Gasteiger partial charge in [-0.05, 0) is 18.6 Å². The number of nitrogens with zero attached hydrogens (tertiary/aromatic N) is 5. The normalized spacial score (nSPS) is 11.5. The van der Waals surface area contributed by atoms with Gasteiger partial charge in [0.05, 0.1) is 40.2 Å². The monoisotopic (exact) mass is 541 g/mol. The van der Waals surface area contributed by atoms with E-state index in [0.717, 1.165) is 43.9 Å². The molecule has 4 rings (SSSR count). The van der Waals surface area contributed by atoms with Crippen LogP contribution in [-0.4, -0.2) is 29.7 Å². The third-order valence-electron chi connectivity index (χ3n) is 5.25. The van der Waals surface area contributed by atoms with E-state index in [0.29, 0.717) is 12.1 Å². The summed E-state index contributed by atoms with van der Waals surface area (Å²) in [7, 11) is 0. The number of hydrogen-bond donors (Lipinski definition) is 2. The molecule has 0 fully saturated rings. The zero-order valence-corrected chi connectivity index (χ0v) is 19.8. The number of hydrogen-bond acceptors (Lipinski definition) is 7. The molecule has 0 aliphatic heterocycles. The first kappa shape index (κ1) is 28.3. The SMILES string of the molecule is CCCCCn1cnc2cc(-c3ncc(C(F)F)cn3)c(F)cc2c1=O.Nc1cn[nH]c(=O)c1C(F)(F)F. The van der Waals surface area contributed by atoms with Gasteiger partial charge in [-0.15, -0.1) is 0 Å². The lowest BCUT2D eigenvalue weighted by atomic mass is 10.1. The number of H-pyrrole nitrogens is 1. The minimum atomic E-state index is -4.74. The lowest BCUT2D eigenvalue weighted by molar-refractivity contribution is -0.138. The fraction of sp³-hybridized carbons (Fsp3) is 0.304. The van der Waals surface area contributed by atoms with Crippen molar-refractivity contribution in [3.05, 3.63) is 74.7 Å². The molecule has 9 nitrogen and oxygen atoms in total. The van der Waals surface area contributed by atoms with E-state index in [9.17, 15) is 35.9 Å². The molecule has 0 aliphatic carbocycles. The Labute approximate surface area is 210 Å². The molecule has 3 N–H and O–H groups in total. The first-order chi connectivity index (χ1) is 17.9. The third-order valence-corrected chi connectivity index (χ3v) is 5.25. The van der Waals surface area contributed by atoms with Crippen molar-refractivity contribution in [1.29, 1.82) is 0 Å². The zero-order chi connectivity index (χ0) is 28.0. The predicted octanol–water partition coefficient (Wildman–Crippen LogP) is 4.49. The number of nitrogen functional groups attached to an aromatic ring is 1. The molecular formula is C23H21F6N7O2. The van der Waals surface area contributed by atoms with Gasteiger partial charge in [-0.1, -0.05) is 19.8 Å². The van der Waals surface area contributed by atoms with Gasteiger partial charge in [0.2, 0.25) is 0 Å². The number of aromatic amines is 1. The molecule has 0 saturated carbocycles. The summed E-state index contributed by atoms with van der Waals surface area (Å²) < 4.78 is 77.0. The fourth-order valence-corrected chi connectivity index (χ4v) is 3.34. The average molecular weight is 541 g/mol. The van der Waals surface area contributed by atoms with Gasteiger partial charge in [0.15, 0.2) is 5.82 Å². The van der Waals surface area contributed by atoms with E-state index >= 15 is 0 Å². The second kappa shape index (κ2) is 11.8. The van der Waals surface area contributed by atoms with Crippen LogP contribution in [0.3, 0.4) is 0 Å². The molecule has 0 aliphatic rings. The molecule has 38 heavy (non-hydrogen) atoms. The van der Waals surface area contributed by atoms with Crippen LogP contribution >= 0.6 is 0 Å².